The molecule has 2 fully saturated rings. The van der Waals surface area contributed by atoms with Crippen LogP contribution in [0.2, 0.25) is 0 Å². The maximum atomic E-state index is 14.2. The van der Waals surface area contributed by atoms with E-state index in [1.165, 1.54) is 18.2 Å². The van der Waals surface area contributed by atoms with Crippen LogP contribution < -0.4 is 0 Å². The van der Waals surface area contributed by atoms with Gasteiger partial charge in [0.1, 0.15) is 9.84 Å². The first-order valence-electron chi connectivity index (χ1n) is 12.6. The van der Waals surface area contributed by atoms with Gasteiger partial charge in [0.15, 0.2) is 11.7 Å². The van der Waals surface area contributed by atoms with Crippen molar-refractivity contribution in [3.63, 3.8) is 0 Å². The first-order chi connectivity index (χ1) is 17.9. The number of aromatic nitrogens is 3. The molecule has 2 aromatic heterocycles. The Morgan fingerprint density at radius 1 is 1.16 bits per heavy atom. The van der Waals surface area contributed by atoms with Crippen molar-refractivity contribution in [2.75, 3.05) is 18.6 Å². The van der Waals surface area contributed by atoms with Crippen molar-refractivity contribution < 1.29 is 30.8 Å². The molecule has 1 aliphatic heterocycles. The molecule has 202 valence electrons. The van der Waals surface area contributed by atoms with E-state index in [9.17, 15) is 30.8 Å². The zero-order valence-electron chi connectivity index (χ0n) is 20.6. The molecule has 0 N–H and O–H groups in total. The van der Waals surface area contributed by atoms with E-state index in [0.717, 1.165) is 43.1 Å². The Kier molecular flexibility index (Phi) is 5.65. The second kappa shape index (κ2) is 8.49. The van der Waals surface area contributed by atoms with Gasteiger partial charge < -0.3 is 4.90 Å². The van der Waals surface area contributed by atoms with Crippen molar-refractivity contribution in [3.8, 4) is 0 Å². The van der Waals surface area contributed by atoms with Gasteiger partial charge >= 0.3 is 6.18 Å². The third kappa shape index (κ3) is 4.17. The first kappa shape index (κ1) is 25.3. The van der Waals surface area contributed by atoms with Gasteiger partial charge in [-0.2, -0.15) is 17.6 Å². The maximum Gasteiger partial charge on any atom is 0.413 e. The fraction of sp³-hybridized carbons (Fsp3) is 0.500. The van der Waals surface area contributed by atoms with Gasteiger partial charge in [0.2, 0.25) is 11.9 Å². The highest BCUT2D eigenvalue weighted by Gasteiger charge is 2.55. The Morgan fingerprint density at radius 3 is 2.42 bits per heavy atom. The smallest absolute Gasteiger partial charge is 0.330 e. The summed E-state index contributed by atoms with van der Waals surface area (Å²) in [4.78, 5) is 18.0. The number of halogens is 4. The molecule has 2 atom stereocenters. The first-order valence-corrected chi connectivity index (χ1v) is 14.4. The second-order valence-corrected chi connectivity index (χ2v) is 13.1. The highest BCUT2D eigenvalue weighted by Crippen LogP contribution is 2.61. The van der Waals surface area contributed by atoms with Crippen LogP contribution in [0.5, 0.6) is 0 Å². The maximum absolute atomic E-state index is 14.2. The third-order valence-electron chi connectivity index (χ3n) is 8.41. The van der Waals surface area contributed by atoms with Gasteiger partial charge in [-0.3, -0.25) is 4.79 Å². The van der Waals surface area contributed by atoms with Crippen LogP contribution in [-0.4, -0.2) is 58.6 Å². The standard InChI is InChI=1S/C26H26F4N4O3S/c1-33(24(35)17-6-10-38(36,37)11-7-17)22(26(28,29)30)16-4-2-15(3-5-16)18-13-25(8-9-25)23-19(18)14-31-21-12-20(27)32-34(21)23/h2-5,12,14,17-18,22H,6-11,13H2,1H3. The molecule has 1 saturated heterocycles. The van der Waals surface area contributed by atoms with Gasteiger partial charge in [0.25, 0.3) is 0 Å². The number of carbonyl (C=O) groups is 1. The average molecular weight is 551 g/mol. The summed E-state index contributed by atoms with van der Waals surface area (Å²) >= 11 is 0. The quantitative estimate of drug-likeness (QED) is 0.452. The minimum Gasteiger partial charge on any atom is -0.330 e. The Hall–Kier alpha value is -3.02. The highest BCUT2D eigenvalue weighted by atomic mass is 32.2. The monoisotopic (exact) mass is 550 g/mol. The summed E-state index contributed by atoms with van der Waals surface area (Å²) in [6, 6.07) is 5.24. The van der Waals surface area contributed by atoms with Gasteiger partial charge in [0.05, 0.1) is 17.2 Å². The third-order valence-corrected chi connectivity index (χ3v) is 10.1. The normalized spacial score (nSPS) is 22.9. The topological polar surface area (TPSA) is 84.6 Å². The predicted octanol–water partition coefficient (Wildman–Crippen LogP) is 4.32. The van der Waals surface area contributed by atoms with Crippen molar-refractivity contribution in [1.29, 1.82) is 0 Å². The SMILES string of the molecule is CN(C(=O)C1CCS(=O)(=O)CC1)C(c1ccc(C2CC3(CC3)c3c2cnc2cc(F)nn32)cc1)C(F)(F)F. The van der Waals surface area contributed by atoms with Crippen LogP contribution in [0.3, 0.4) is 0 Å². The van der Waals surface area contributed by atoms with Crippen molar-refractivity contribution in [1.82, 2.24) is 19.5 Å². The summed E-state index contributed by atoms with van der Waals surface area (Å²) in [5, 5.41) is 3.99. The predicted molar refractivity (Wildman–Crippen MR) is 130 cm³/mol. The minimum absolute atomic E-state index is 0.0271. The van der Waals surface area contributed by atoms with Gasteiger partial charge in [-0.15, -0.1) is 5.10 Å². The molecule has 3 aromatic rings. The molecule has 6 rings (SSSR count). The molecule has 1 spiro atoms. The summed E-state index contributed by atoms with van der Waals surface area (Å²) in [6.45, 7) is 0. The minimum atomic E-state index is -4.72. The van der Waals surface area contributed by atoms with Crippen LogP contribution in [0.15, 0.2) is 36.5 Å². The summed E-state index contributed by atoms with van der Waals surface area (Å²) < 4.78 is 81.5. The molecule has 3 aliphatic rings. The molecular weight excluding hydrogens is 524 g/mol. The van der Waals surface area contributed by atoms with Crippen LogP contribution in [0.4, 0.5) is 17.6 Å². The van der Waals surface area contributed by atoms with E-state index in [2.05, 4.69) is 10.1 Å². The van der Waals surface area contributed by atoms with Crippen LogP contribution in [0.1, 0.15) is 66.4 Å². The number of fused-ring (bicyclic) bond motifs is 4. The van der Waals surface area contributed by atoms with Crippen molar-refractivity contribution >= 4 is 21.4 Å². The Morgan fingerprint density at radius 2 is 1.82 bits per heavy atom. The molecule has 1 amide bonds. The second-order valence-electron chi connectivity index (χ2n) is 10.8. The van der Waals surface area contributed by atoms with E-state index in [4.69, 9.17) is 0 Å². The summed E-state index contributed by atoms with van der Waals surface area (Å²) in [6.07, 6.45) is -0.340. The summed E-state index contributed by atoms with van der Waals surface area (Å²) in [5.41, 5.74) is 2.88. The number of benzene rings is 1. The Bertz CT molecular complexity index is 1520. The van der Waals surface area contributed by atoms with Gasteiger partial charge in [0, 0.05) is 42.1 Å². The van der Waals surface area contributed by atoms with Crippen LogP contribution in [0, 0.1) is 11.9 Å². The zero-order valence-corrected chi connectivity index (χ0v) is 21.4. The molecule has 0 bridgehead atoms. The van der Waals surface area contributed by atoms with E-state index in [-0.39, 0.29) is 41.2 Å². The summed E-state index contributed by atoms with van der Waals surface area (Å²) in [7, 11) is -2.12. The number of nitrogens with zero attached hydrogens (tertiary/aromatic N) is 4. The molecule has 2 aliphatic carbocycles. The van der Waals surface area contributed by atoms with Crippen LogP contribution in [-0.2, 0) is 20.0 Å². The lowest BCUT2D eigenvalue weighted by Crippen LogP contribution is -2.44. The lowest BCUT2D eigenvalue weighted by atomic mass is 9.90. The zero-order chi connectivity index (χ0) is 27.0. The number of carbonyl (C=O) groups excluding carboxylic acids is 1. The number of hydrogen-bond acceptors (Lipinski definition) is 5. The Balaban J connectivity index is 1.28. The fourth-order valence-corrected chi connectivity index (χ4v) is 7.78. The number of amides is 1. The average Bonchev–Trinajstić information content (AvgIpc) is 3.40. The van der Waals surface area contributed by atoms with E-state index in [1.807, 2.05) is 0 Å². The summed E-state index contributed by atoms with van der Waals surface area (Å²) in [5.74, 6) is -2.57. The van der Waals surface area contributed by atoms with Crippen LogP contribution >= 0.6 is 0 Å². The van der Waals surface area contributed by atoms with E-state index in [1.54, 1.807) is 22.8 Å². The number of alkyl halides is 3. The number of hydrogen-bond donors (Lipinski definition) is 0. The van der Waals surface area contributed by atoms with Crippen molar-refractivity contribution in [2.45, 2.75) is 55.7 Å². The van der Waals surface area contributed by atoms with E-state index in [0.29, 0.717) is 10.5 Å². The van der Waals surface area contributed by atoms with Gasteiger partial charge in [-0.1, -0.05) is 24.3 Å². The van der Waals surface area contributed by atoms with Gasteiger partial charge in [-0.25, -0.2) is 17.9 Å². The molecule has 12 heteroatoms. The molecule has 3 heterocycles. The van der Waals surface area contributed by atoms with Crippen molar-refractivity contribution in [2.24, 2.45) is 5.92 Å². The molecular formula is C26H26F4N4O3S. The van der Waals surface area contributed by atoms with Gasteiger partial charge in [-0.05, 0) is 43.2 Å². The largest absolute Gasteiger partial charge is 0.413 e. The number of rotatable bonds is 4. The Labute approximate surface area is 216 Å². The van der Waals surface area contributed by atoms with Crippen molar-refractivity contribution in [3.05, 3.63) is 64.9 Å². The number of sulfone groups is 1. The lowest BCUT2D eigenvalue weighted by Gasteiger charge is -2.34. The lowest BCUT2D eigenvalue weighted by molar-refractivity contribution is -0.190. The highest BCUT2D eigenvalue weighted by molar-refractivity contribution is 7.91. The molecule has 1 aromatic carbocycles. The molecule has 38 heavy (non-hydrogen) atoms. The molecule has 2 unspecified atom stereocenters. The fourth-order valence-electron chi connectivity index (χ4n) is 6.29. The van der Waals surface area contributed by atoms with E-state index < -0.39 is 39.8 Å². The molecule has 0 radical (unpaired) electrons. The molecule has 7 nitrogen and oxygen atoms in total. The molecule has 1 saturated carbocycles. The van der Waals surface area contributed by atoms with Crippen LogP contribution in [0.25, 0.3) is 5.65 Å². The van der Waals surface area contributed by atoms with E-state index >= 15 is 0 Å².